The quantitative estimate of drug-likeness (QED) is 0.341. The first-order valence-corrected chi connectivity index (χ1v) is 13.9. The van der Waals surface area contributed by atoms with Crippen LogP contribution in [0.2, 0.25) is 0 Å². The van der Waals surface area contributed by atoms with Crippen molar-refractivity contribution in [1.82, 2.24) is 14.8 Å². The van der Waals surface area contributed by atoms with Crippen LogP contribution in [-0.4, -0.2) is 26.4 Å². The molecule has 0 aliphatic heterocycles. The van der Waals surface area contributed by atoms with Crippen molar-refractivity contribution in [3.05, 3.63) is 34.1 Å². The number of amides is 1. The number of carbonyl (C=O) groups is 1. The maximum atomic E-state index is 12.9. The zero-order chi connectivity index (χ0) is 25.3. The fourth-order valence-electron chi connectivity index (χ4n) is 4.68. The van der Waals surface area contributed by atoms with Crippen molar-refractivity contribution >= 4 is 34.0 Å². The highest BCUT2D eigenvalue weighted by Gasteiger charge is 2.34. The molecule has 0 spiro atoms. The van der Waals surface area contributed by atoms with E-state index in [-0.39, 0.29) is 23.1 Å². The van der Waals surface area contributed by atoms with Gasteiger partial charge in [-0.3, -0.25) is 9.36 Å². The minimum atomic E-state index is -0.144. The van der Waals surface area contributed by atoms with Crippen LogP contribution in [0.1, 0.15) is 75.3 Å². The molecule has 1 unspecified atom stereocenters. The average Bonchev–Trinajstić information content (AvgIpc) is 3.52. The van der Waals surface area contributed by atoms with Crippen LogP contribution in [-0.2, 0) is 17.6 Å². The van der Waals surface area contributed by atoms with E-state index >= 15 is 0 Å². The molecule has 0 saturated carbocycles. The number of rotatable bonds is 8. The molecule has 1 N–H and O–H groups in total. The number of fused-ring (bicyclic) bond motifs is 1. The van der Waals surface area contributed by atoms with Gasteiger partial charge in [0, 0.05) is 10.9 Å². The van der Waals surface area contributed by atoms with E-state index in [0.717, 1.165) is 48.4 Å². The second-order valence-electron chi connectivity index (χ2n) is 10.1. The molecule has 0 radical (unpaired) electrons. The van der Waals surface area contributed by atoms with Crippen LogP contribution in [0.5, 0.6) is 0 Å². The van der Waals surface area contributed by atoms with Gasteiger partial charge >= 0.3 is 0 Å². The zero-order valence-corrected chi connectivity index (χ0v) is 22.9. The van der Waals surface area contributed by atoms with Crippen molar-refractivity contribution in [3.63, 3.8) is 0 Å². The molecule has 186 valence electrons. The van der Waals surface area contributed by atoms with E-state index < -0.39 is 0 Å². The molecular weight excluding hydrogens is 478 g/mol. The molecule has 3 heterocycles. The molecule has 4 rings (SSSR count). The molecule has 35 heavy (non-hydrogen) atoms. The van der Waals surface area contributed by atoms with Crippen LogP contribution in [0.25, 0.3) is 11.4 Å². The average molecular weight is 512 g/mol. The molecule has 9 heteroatoms. The molecule has 1 aliphatic rings. The number of thiophene rings is 1. The number of carbonyl (C=O) groups excluding carboxylic acids is 1. The van der Waals surface area contributed by atoms with Gasteiger partial charge in [0.05, 0.1) is 23.1 Å². The number of anilines is 1. The van der Waals surface area contributed by atoms with E-state index in [1.807, 2.05) is 17.6 Å². The maximum absolute atomic E-state index is 12.9. The van der Waals surface area contributed by atoms with Crippen molar-refractivity contribution < 1.29 is 9.21 Å². The third kappa shape index (κ3) is 5.05. The van der Waals surface area contributed by atoms with Gasteiger partial charge in [-0.05, 0) is 63.0 Å². The summed E-state index contributed by atoms with van der Waals surface area (Å²) in [6.45, 7) is 12.9. The number of furan rings is 1. The van der Waals surface area contributed by atoms with Crippen LogP contribution in [0.4, 0.5) is 5.00 Å². The summed E-state index contributed by atoms with van der Waals surface area (Å²) in [7, 11) is 0. The number of nitriles is 1. The molecule has 1 amide bonds. The first-order valence-electron chi connectivity index (χ1n) is 12.1. The molecular formula is C26H33N5O2S2. The van der Waals surface area contributed by atoms with Gasteiger partial charge in [-0.15, -0.1) is 21.5 Å². The van der Waals surface area contributed by atoms with Crippen molar-refractivity contribution in [2.75, 3.05) is 11.1 Å². The number of nitrogens with one attached hydrogen (secondary N) is 1. The summed E-state index contributed by atoms with van der Waals surface area (Å²) in [5, 5.41) is 22.9. The van der Waals surface area contributed by atoms with Gasteiger partial charge < -0.3 is 9.73 Å². The van der Waals surface area contributed by atoms with Crippen LogP contribution in [0.15, 0.2) is 21.9 Å². The lowest BCUT2D eigenvalue weighted by atomic mass is 9.69. The predicted molar refractivity (Wildman–Crippen MR) is 141 cm³/mol. The molecule has 3 aromatic heterocycles. The SMILES string of the molecule is CCC(C)(C)C1CCc2c(sc(NC(=O)CSc3nnc(-c4ccoc4C)n3C(C)C)c2C#N)C1. The zero-order valence-electron chi connectivity index (χ0n) is 21.3. The monoisotopic (exact) mass is 511 g/mol. The van der Waals surface area contributed by atoms with Crippen molar-refractivity contribution in [2.45, 2.75) is 78.4 Å². The molecule has 7 nitrogen and oxygen atoms in total. The Hall–Kier alpha value is -2.57. The highest BCUT2D eigenvalue weighted by molar-refractivity contribution is 7.99. The summed E-state index contributed by atoms with van der Waals surface area (Å²) in [6, 6.07) is 4.35. The van der Waals surface area contributed by atoms with E-state index in [0.29, 0.717) is 21.6 Å². The fraction of sp³-hybridized carbons (Fsp3) is 0.538. The van der Waals surface area contributed by atoms with Gasteiger partial charge in [0.25, 0.3) is 0 Å². The first-order chi connectivity index (χ1) is 16.7. The first kappa shape index (κ1) is 25.5. The molecule has 1 atom stereocenters. The Labute approximate surface area is 215 Å². The third-order valence-corrected chi connectivity index (χ3v) is 9.37. The van der Waals surface area contributed by atoms with Crippen LogP contribution in [0.3, 0.4) is 0 Å². The number of aryl methyl sites for hydroxylation is 1. The summed E-state index contributed by atoms with van der Waals surface area (Å²) in [6.07, 6.45) is 5.75. The van der Waals surface area contributed by atoms with Gasteiger partial charge in [0.15, 0.2) is 11.0 Å². The van der Waals surface area contributed by atoms with Gasteiger partial charge in [-0.2, -0.15) is 5.26 Å². The number of hydrogen-bond acceptors (Lipinski definition) is 7. The molecule has 3 aromatic rings. The second kappa shape index (κ2) is 10.2. The summed E-state index contributed by atoms with van der Waals surface area (Å²) in [5.41, 5.74) is 2.94. The number of hydrogen-bond donors (Lipinski definition) is 1. The molecule has 0 saturated heterocycles. The van der Waals surface area contributed by atoms with E-state index in [1.165, 1.54) is 16.6 Å². The smallest absolute Gasteiger partial charge is 0.235 e. The third-order valence-electron chi connectivity index (χ3n) is 7.26. The fourth-order valence-corrected chi connectivity index (χ4v) is 6.84. The highest BCUT2D eigenvalue weighted by Crippen LogP contribution is 2.45. The van der Waals surface area contributed by atoms with Crippen molar-refractivity contribution in [1.29, 1.82) is 5.26 Å². The highest BCUT2D eigenvalue weighted by atomic mass is 32.2. The Morgan fingerprint density at radius 3 is 2.83 bits per heavy atom. The van der Waals surface area contributed by atoms with Crippen LogP contribution in [0, 0.1) is 29.6 Å². The largest absolute Gasteiger partial charge is 0.469 e. The Morgan fingerprint density at radius 1 is 1.43 bits per heavy atom. The second-order valence-corrected chi connectivity index (χ2v) is 12.1. The lowest BCUT2D eigenvalue weighted by Crippen LogP contribution is -2.28. The number of aromatic nitrogens is 3. The van der Waals surface area contributed by atoms with Crippen LogP contribution >= 0.6 is 23.1 Å². The van der Waals surface area contributed by atoms with Gasteiger partial charge in [0.1, 0.15) is 16.8 Å². The summed E-state index contributed by atoms with van der Waals surface area (Å²) >= 11 is 2.92. The van der Waals surface area contributed by atoms with Crippen molar-refractivity contribution in [3.8, 4) is 17.5 Å². The Balaban J connectivity index is 1.47. The standard InChI is InChI=1S/C26H33N5O2S2/c1-7-26(5,6)17-8-9-19-20(13-27)24(35-21(19)12-17)28-22(32)14-34-25-30-29-23(31(25)15(2)3)18-10-11-33-16(18)4/h10-11,15,17H,7-9,12,14H2,1-6H3,(H,28,32). The molecule has 1 aliphatic carbocycles. The number of thioether (sulfide) groups is 1. The molecule has 0 fully saturated rings. The topological polar surface area (TPSA) is 96.7 Å². The summed E-state index contributed by atoms with van der Waals surface area (Å²) in [5.74, 6) is 2.16. The lowest BCUT2D eigenvalue weighted by Gasteiger charge is -2.36. The molecule has 0 bridgehead atoms. The van der Waals surface area contributed by atoms with E-state index in [4.69, 9.17) is 4.42 Å². The summed E-state index contributed by atoms with van der Waals surface area (Å²) in [4.78, 5) is 14.2. The van der Waals surface area contributed by atoms with Gasteiger partial charge in [-0.25, -0.2) is 0 Å². The Morgan fingerprint density at radius 2 is 2.20 bits per heavy atom. The Kier molecular flexibility index (Phi) is 7.43. The minimum Gasteiger partial charge on any atom is -0.469 e. The van der Waals surface area contributed by atoms with E-state index in [1.54, 1.807) is 17.6 Å². The molecule has 0 aromatic carbocycles. The normalized spacial score (nSPS) is 15.8. The van der Waals surface area contributed by atoms with Gasteiger partial charge in [0.2, 0.25) is 5.91 Å². The Bertz CT molecular complexity index is 1260. The van der Waals surface area contributed by atoms with Crippen molar-refractivity contribution in [2.24, 2.45) is 11.3 Å². The maximum Gasteiger partial charge on any atom is 0.235 e. The number of nitrogens with zero attached hydrogens (tertiary/aromatic N) is 4. The van der Waals surface area contributed by atoms with Gasteiger partial charge in [-0.1, -0.05) is 39.0 Å². The van der Waals surface area contributed by atoms with E-state index in [2.05, 4.69) is 56.2 Å². The van der Waals surface area contributed by atoms with Crippen LogP contribution < -0.4 is 5.32 Å². The lowest BCUT2D eigenvalue weighted by molar-refractivity contribution is -0.113. The predicted octanol–water partition coefficient (Wildman–Crippen LogP) is 6.63. The van der Waals surface area contributed by atoms with E-state index in [9.17, 15) is 10.1 Å². The minimum absolute atomic E-state index is 0.120. The summed E-state index contributed by atoms with van der Waals surface area (Å²) < 4.78 is 7.46.